The second-order valence-corrected chi connectivity index (χ2v) is 8.37. The van der Waals surface area contributed by atoms with Gasteiger partial charge in [-0.1, -0.05) is 12.1 Å². The summed E-state index contributed by atoms with van der Waals surface area (Å²) in [4.78, 5) is 24.5. The Hall–Kier alpha value is -2.24. The SMILES string of the molecule is CCOc1ccccc1OCC(=O)NC(=O)NC12CC3CC(CC(C3)C1)C2. The van der Waals surface area contributed by atoms with E-state index in [1.54, 1.807) is 12.1 Å². The molecule has 5 rings (SSSR count). The molecule has 2 N–H and O–H groups in total. The van der Waals surface area contributed by atoms with Gasteiger partial charge in [0.05, 0.1) is 6.61 Å². The number of carbonyl (C=O) groups excluding carboxylic acids is 2. The lowest BCUT2D eigenvalue weighted by Crippen LogP contribution is -2.62. The first-order chi connectivity index (χ1) is 13.0. The monoisotopic (exact) mass is 372 g/mol. The smallest absolute Gasteiger partial charge is 0.321 e. The number of rotatable bonds is 6. The highest BCUT2D eigenvalue weighted by atomic mass is 16.5. The molecule has 0 spiro atoms. The lowest BCUT2D eigenvalue weighted by Gasteiger charge is -2.56. The van der Waals surface area contributed by atoms with Crippen molar-refractivity contribution in [1.29, 1.82) is 0 Å². The Labute approximate surface area is 160 Å². The molecule has 1 aromatic carbocycles. The number of urea groups is 1. The first-order valence-electron chi connectivity index (χ1n) is 10.0. The molecule has 0 heterocycles. The van der Waals surface area contributed by atoms with Crippen molar-refractivity contribution < 1.29 is 19.1 Å². The maximum atomic E-state index is 12.4. The van der Waals surface area contributed by atoms with Gasteiger partial charge in [0.15, 0.2) is 18.1 Å². The van der Waals surface area contributed by atoms with Crippen LogP contribution in [-0.4, -0.2) is 30.7 Å². The quantitative estimate of drug-likeness (QED) is 0.804. The molecular formula is C21H28N2O4. The summed E-state index contributed by atoms with van der Waals surface area (Å²) in [5.74, 6) is 2.85. The third kappa shape index (κ3) is 4.04. The molecule has 4 saturated carbocycles. The lowest BCUT2D eigenvalue weighted by atomic mass is 9.53. The number of ether oxygens (including phenoxy) is 2. The normalized spacial score (nSPS) is 30.6. The predicted octanol–water partition coefficient (Wildman–Crippen LogP) is 3.26. The number of benzene rings is 1. The average Bonchev–Trinajstić information content (AvgIpc) is 2.59. The minimum Gasteiger partial charge on any atom is -0.490 e. The van der Waals surface area contributed by atoms with Gasteiger partial charge >= 0.3 is 6.03 Å². The molecule has 0 aromatic heterocycles. The van der Waals surface area contributed by atoms with Crippen molar-refractivity contribution in [2.45, 2.75) is 51.0 Å². The van der Waals surface area contributed by atoms with E-state index in [4.69, 9.17) is 9.47 Å². The summed E-state index contributed by atoms with van der Waals surface area (Å²) in [6.07, 6.45) is 7.11. The van der Waals surface area contributed by atoms with Crippen LogP contribution in [0.1, 0.15) is 45.4 Å². The Morgan fingerprint density at radius 3 is 2.11 bits per heavy atom. The molecule has 146 valence electrons. The minimum atomic E-state index is -0.455. The van der Waals surface area contributed by atoms with Crippen LogP contribution in [-0.2, 0) is 4.79 Å². The topological polar surface area (TPSA) is 76.7 Å². The van der Waals surface area contributed by atoms with E-state index in [-0.39, 0.29) is 12.1 Å². The van der Waals surface area contributed by atoms with Crippen LogP contribution in [0.5, 0.6) is 11.5 Å². The van der Waals surface area contributed by atoms with Crippen LogP contribution in [0, 0.1) is 17.8 Å². The van der Waals surface area contributed by atoms with Crippen LogP contribution in [0.4, 0.5) is 4.79 Å². The standard InChI is InChI=1S/C21H28N2O4/c1-2-26-17-5-3-4-6-18(17)27-13-19(24)22-20(25)23-21-10-14-7-15(11-21)9-16(8-14)12-21/h3-6,14-16H,2,7-13H2,1H3,(H2,22,23,24,25). The summed E-state index contributed by atoms with van der Waals surface area (Å²) in [5.41, 5.74) is -0.110. The zero-order valence-corrected chi connectivity index (χ0v) is 15.8. The molecule has 0 saturated heterocycles. The molecule has 4 fully saturated rings. The second kappa shape index (κ2) is 7.41. The fourth-order valence-electron chi connectivity index (χ4n) is 5.69. The summed E-state index contributed by atoms with van der Waals surface area (Å²) >= 11 is 0. The fourth-order valence-corrected chi connectivity index (χ4v) is 5.69. The molecule has 0 radical (unpaired) electrons. The van der Waals surface area contributed by atoms with E-state index in [1.165, 1.54) is 19.3 Å². The first-order valence-corrected chi connectivity index (χ1v) is 10.0. The summed E-state index contributed by atoms with van der Waals surface area (Å²) in [5, 5.41) is 5.56. The largest absolute Gasteiger partial charge is 0.490 e. The molecule has 6 heteroatoms. The van der Waals surface area contributed by atoms with E-state index in [0.29, 0.717) is 18.1 Å². The number of imide groups is 1. The molecule has 4 aliphatic carbocycles. The van der Waals surface area contributed by atoms with Crippen LogP contribution in [0.2, 0.25) is 0 Å². The molecule has 1 aromatic rings. The summed E-state index contributed by atoms with van der Waals surface area (Å²) in [7, 11) is 0. The third-order valence-corrected chi connectivity index (χ3v) is 6.18. The van der Waals surface area contributed by atoms with E-state index < -0.39 is 11.9 Å². The Bertz CT molecular complexity index is 683. The molecule has 27 heavy (non-hydrogen) atoms. The Balaban J connectivity index is 1.28. The van der Waals surface area contributed by atoms with Crippen LogP contribution >= 0.6 is 0 Å². The van der Waals surface area contributed by atoms with Crippen molar-refractivity contribution in [3.8, 4) is 11.5 Å². The van der Waals surface area contributed by atoms with Crippen molar-refractivity contribution in [2.24, 2.45) is 17.8 Å². The number of amides is 3. The Kier molecular flexibility index (Phi) is 4.98. The summed E-state index contributed by atoms with van der Waals surface area (Å²) in [6.45, 7) is 2.18. The average molecular weight is 372 g/mol. The van der Waals surface area contributed by atoms with Crippen molar-refractivity contribution in [3.05, 3.63) is 24.3 Å². The molecule has 6 nitrogen and oxygen atoms in total. The maximum absolute atomic E-state index is 12.4. The zero-order valence-electron chi connectivity index (χ0n) is 15.8. The van der Waals surface area contributed by atoms with E-state index in [0.717, 1.165) is 37.0 Å². The molecule has 0 atom stereocenters. The van der Waals surface area contributed by atoms with E-state index in [2.05, 4.69) is 10.6 Å². The molecule has 3 amide bonds. The van der Waals surface area contributed by atoms with Gasteiger partial charge in [0.25, 0.3) is 5.91 Å². The number of nitrogens with one attached hydrogen (secondary N) is 2. The summed E-state index contributed by atoms with van der Waals surface area (Å²) < 4.78 is 11.0. The first kappa shape index (κ1) is 18.1. The van der Waals surface area contributed by atoms with Gasteiger partial charge in [0, 0.05) is 5.54 Å². The van der Waals surface area contributed by atoms with E-state index >= 15 is 0 Å². The van der Waals surface area contributed by atoms with Gasteiger partial charge in [0.2, 0.25) is 0 Å². The van der Waals surface area contributed by atoms with Gasteiger partial charge in [-0.05, 0) is 75.3 Å². The number of carbonyl (C=O) groups is 2. The molecule has 4 bridgehead atoms. The lowest BCUT2D eigenvalue weighted by molar-refractivity contribution is -0.122. The second-order valence-electron chi connectivity index (χ2n) is 8.37. The molecule has 0 aliphatic heterocycles. The zero-order chi connectivity index (χ0) is 18.9. The maximum Gasteiger partial charge on any atom is 0.321 e. The van der Waals surface area contributed by atoms with Crippen molar-refractivity contribution in [2.75, 3.05) is 13.2 Å². The van der Waals surface area contributed by atoms with Crippen LogP contribution in [0.25, 0.3) is 0 Å². The van der Waals surface area contributed by atoms with Gasteiger partial charge in [0.1, 0.15) is 0 Å². The molecule has 0 unspecified atom stereocenters. The summed E-state index contributed by atoms with van der Waals surface area (Å²) in [6, 6.07) is 6.79. The van der Waals surface area contributed by atoms with E-state index in [1.807, 2.05) is 19.1 Å². The third-order valence-electron chi connectivity index (χ3n) is 6.18. The Morgan fingerprint density at radius 1 is 1.00 bits per heavy atom. The number of hydrogen-bond acceptors (Lipinski definition) is 4. The van der Waals surface area contributed by atoms with Crippen LogP contribution in [0.15, 0.2) is 24.3 Å². The van der Waals surface area contributed by atoms with Crippen molar-refractivity contribution >= 4 is 11.9 Å². The van der Waals surface area contributed by atoms with Crippen molar-refractivity contribution in [1.82, 2.24) is 10.6 Å². The van der Waals surface area contributed by atoms with Crippen LogP contribution in [0.3, 0.4) is 0 Å². The van der Waals surface area contributed by atoms with Crippen LogP contribution < -0.4 is 20.1 Å². The van der Waals surface area contributed by atoms with Gasteiger partial charge in [-0.15, -0.1) is 0 Å². The highest BCUT2D eigenvalue weighted by Gasteiger charge is 2.51. The highest BCUT2D eigenvalue weighted by Crippen LogP contribution is 2.55. The predicted molar refractivity (Wildman–Crippen MR) is 101 cm³/mol. The molecule has 4 aliphatic rings. The molecular weight excluding hydrogens is 344 g/mol. The minimum absolute atomic E-state index is 0.110. The van der Waals surface area contributed by atoms with Gasteiger partial charge in [-0.25, -0.2) is 4.79 Å². The van der Waals surface area contributed by atoms with E-state index in [9.17, 15) is 9.59 Å². The number of hydrogen-bond donors (Lipinski definition) is 2. The Morgan fingerprint density at radius 2 is 1.56 bits per heavy atom. The fraction of sp³-hybridized carbons (Fsp3) is 0.619. The van der Waals surface area contributed by atoms with Gasteiger partial charge in [-0.3, -0.25) is 10.1 Å². The number of para-hydroxylation sites is 2. The van der Waals surface area contributed by atoms with Crippen molar-refractivity contribution in [3.63, 3.8) is 0 Å². The highest BCUT2D eigenvalue weighted by molar-refractivity contribution is 5.95. The van der Waals surface area contributed by atoms with Gasteiger partial charge in [-0.2, -0.15) is 0 Å². The van der Waals surface area contributed by atoms with Gasteiger partial charge < -0.3 is 14.8 Å².